The summed E-state index contributed by atoms with van der Waals surface area (Å²) in [6, 6.07) is 0. The van der Waals surface area contributed by atoms with E-state index < -0.39 is 49.8 Å². The number of rotatable bonds is 10. The van der Waals surface area contributed by atoms with Crippen molar-refractivity contribution in [2.45, 2.75) is 12.2 Å². The highest BCUT2D eigenvalue weighted by Gasteiger charge is 2.31. The van der Waals surface area contributed by atoms with Gasteiger partial charge in [-0.3, -0.25) is 14.4 Å². The van der Waals surface area contributed by atoms with Crippen molar-refractivity contribution in [3.05, 3.63) is 24.5 Å². The Kier molecular flexibility index (Phi) is 11.5. The summed E-state index contributed by atoms with van der Waals surface area (Å²) < 4.78 is 0.212. The number of anilines is 1. The molecule has 0 aromatic heterocycles. The van der Waals surface area contributed by atoms with Crippen molar-refractivity contribution in [3.8, 4) is 0 Å². The number of benzene rings is 1. The summed E-state index contributed by atoms with van der Waals surface area (Å²) in [6.07, 6.45) is -2.42. The van der Waals surface area contributed by atoms with Gasteiger partial charge in [-0.05, 0) is 47.8 Å². The molecule has 0 radical (unpaired) electrons. The highest BCUT2D eigenvalue weighted by atomic mass is 79.9. The van der Waals surface area contributed by atoms with Gasteiger partial charge in [-0.25, -0.2) is 0 Å². The molecule has 2 unspecified atom stereocenters. The van der Waals surface area contributed by atoms with Crippen LogP contribution in [-0.2, 0) is 4.79 Å². The van der Waals surface area contributed by atoms with Crippen molar-refractivity contribution in [2.75, 3.05) is 44.9 Å². The molecule has 3 amide bonds. The quantitative estimate of drug-likeness (QED) is 0.173. The minimum absolute atomic E-state index is 0.0202. The smallest absolute Gasteiger partial charge is 0.253 e. The summed E-state index contributed by atoms with van der Waals surface area (Å²) in [5, 5.41) is 50.8. The maximum absolute atomic E-state index is 12.8. The Bertz CT molecular complexity index is 786. The van der Waals surface area contributed by atoms with E-state index in [0.29, 0.717) is 0 Å². The molecule has 1 rings (SSSR count). The Balaban J connectivity index is 3.59. The molecule has 7 N–H and O–H groups in total. The molecule has 0 saturated carbocycles. The third-order valence-corrected chi connectivity index (χ3v) is 6.35. The average molecular weight is 636 g/mol. The van der Waals surface area contributed by atoms with Gasteiger partial charge in [0, 0.05) is 24.6 Å². The number of aliphatic hydroxyl groups excluding tert-OH is 5. The van der Waals surface area contributed by atoms with Crippen molar-refractivity contribution in [2.24, 2.45) is 0 Å². The largest absolute Gasteiger partial charge is 0.394 e. The maximum Gasteiger partial charge on any atom is 0.253 e. The highest BCUT2D eigenvalue weighted by Crippen LogP contribution is 2.44. The van der Waals surface area contributed by atoms with Crippen LogP contribution in [0.2, 0.25) is 0 Å². The van der Waals surface area contributed by atoms with E-state index in [-0.39, 0.29) is 43.3 Å². The van der Waals surface area contributed by atoms with Gasteiger partial charge in [0.25, 0.3) is 17.7 Å². The molecule has 0 aliphatic rings. The van der Waals surface area contributed by atoms with E-state index in [4.69, 9.17) is 10.2 Å². The molecular formula is C17H22Br3N3O8. The number of carbonyl (C=O) groups is 3. The molecule has 0 fully saturated rings. The van der Waals surface area contributed by atoms with Gasteiger partial charge in [-0.2, -0.15) is 0 Å². The minimum Gasteiger partial charge on any atom is -0.394 e. The fraction of sp³-hybridized carbons (Fsp3) is 0.471. The summed E-state index contributed by atoms with van der Waals surface area (Å²) in [6.45, 7) is -2.56. The number of aliphatic hydroxyl groups is 5. The summed E-state index contributed by atoms with van der Waals surface area (Å²) in [5.74, 6) is -2.21. The molecule has 0 saturated heterocycles. The normalized spacial score (nSPS) is 12.8. The summed E-state index contributed by atoms with van der Waals surface area (Å²) in [7, 11) is 1.33. The number of nitrogens with one attached hydrogen (secondary N) is 2. The van der Waals surface area contributed by atoms with Crippen molar-refractivity contribution < 1.29 is 39.9 Å². The molecule has 0 bridgehead atoms. The SMILES string of the molecule is CN(C(=O)CO)c1c(Br)c(C(=O)NCC(O)CO)c(Br)c(C(=O)NCC(O)CO)c1Br. The second-order valence-corrected chi connectivity index (χ2v) is 8.62. The molecular weight excluding hydrogens is 614 g/mol. The molecule has 31 heavy (non-hydrogen) atoms. The van der Waals surface area contributed by atoms with E-state index in [0.717, 1.165) is 4.90 Å². The Hall–Kier alpha value is -1.13. The van der Waals surface area contributed by atoms with Crippen LogP contribution in [0.1, 0.15) is 20.7 Å². The first-order chi connectivity index (χ1) is 14.5. The van der Waals surface area contributed by atoms with E-state index in [1.807, 2.05) is 0 Å². The first-order valence-electron chi connectivity index (χ1n) is 8.73. The molecule has 1 aromatic rings. The molecule has 11 nitrogen and oxygen atoms in total. The Morgan fingerprint density at radius 3 is 1.55 bits per heavy atom. The number of hydrogen-bond donors (Lipinski definition) is 7. The van der Waals surface area contributed by atoms with Crippen molar-refractivity contribution >= 4 is 71.2 Å². The lowest BCUT2D eigenvalue weighted by Gasteiger charge is -2.24. The van der Waals surface area contributed by atoms with Gasteiger partial charge in [0.15, 0.2) is 0 Å². The van der Waals surface area contributed by atoms with Crippen LogP contribution in [0.4, 0.5) is 5.69 Å². The lowest BCUT2D eigenvalue weighted by molar-refractivity contribution is -0.121. The van der Waals surface area contributed by atoms with Crippen LogP contribution in [0, 0.1) is 0 Å². The predicted molar refractivity (Wildman–Crippen MR) is 121 cm³/mol. The predicted octanol–water partition coefficient (Wildman–Crippen LogP) is -0.905. The maximum atomic E-state index is 12.8. The zero-order valence-electron chi connectivity index (χ0n) is 16.2. The van der Waals surface area contributed by atoms with Gasteiger partial charge in [0.1, 0.15) is 6.61 Å². The van der Waals surface area contributed by atoms with Gasteiger partial charge < -0.3 is 41.1 Å². The Morgan fingerprint density at radius 1 is 0.839 bits per heavy atom. The fourth-order valence-electron chi connectivity index (χ4n) is 2.30. The van der Waals surface area contributed by atoms with Gasteiger partial charge in [0.2, 0.25) is 0 Å². The topological polar surface area (TPSA) is 180 Å². The van der Waals surface area contributed by atoms with Gasteiger partial charge >= 0.3 is 0 Å². The summed E-state index contributed by atoms with van der Waals surface area (Å²) in [5.41, 5.74) is -0.148. The number of nitrogens with zero attached hydrogens (tertiary/aromatic N) is 1. The molecule has 14 heteroatoms. The Labute approximate surface area is 202 Å². The third kappa shape index (κ3) is 6.92. The van der Waals surface area contributed by atoms with Gasteiger partial charge in [-0.1, -0.05) is 0 Å². The van der Waals surface area contributed by atoms with Crippen molar-refractivity contribution in [1.29, 1.82) is 0 Å². The zero-order valence-corrected chi connectivity index (χ0v) is 21.0. The zero-order chi connectivity index (χ0) is 23.9. The standard InChI is InChI=1S/C17H22Br3N3O8/c1-23(9(29)6-26)15-13(19)10(16(30)21-2-7(27)4-24)12(18)11(14(15)20)17(31)22-3-8(28)5-25/h7-8,24-28H,2-6H2,1H3,(H,21,30)(H,22,31). The van der Waals surface area contributed by atoms with Crippen molar-refractivity contribution in [3.63, 3.8) is 0 Å². The van der Waals surface area contributed by atoms with Crippen LogP contribution in [0.25, 0.3) is 0 Å². The molecule has 174 valence electrons. The number of amides is 3. The summed E-state index contributed by atoms with van der Waals surface area (Å²) in [4.78, 5) is 38.7. The molecule has 2 atom stereocenters. The first-order valence-corrected chi connectivity index (χ1v) is 11.1. The molecule has 0 spiro atoms. The molecule has 0 heterocycles. The molecule has 0 aliphatic heterocycles. The second-order valence-electron chi connectivity index (χ2n) is 6.24. The van der Waals surface area contributed by atoms with E-state index in [9.17, 15) is 29.7 Å². The number of likely N-dealkylation sites (N-methyl/N-ethyl adjacent to an activating group) is 1. The van der Waals surface area contributed by atoms with E-state index in [2.05, 4.69) is 58.4 Å². The van der Waals surface area contributed by atoms with E-state index in [1.165, 1.54) is 7.05 Å². The molecule has 1 aromatic carbocycles. The third-order valence-electron chi connectivity index (χ3n) is 4.01. The number of halogens is 3. The lowest BCUT2D eigenvalue weighted by Crippen LogP contribution is -2.37. The number of hydrogen-bond acceptors (Lipinski definition) is 8. The molecule has 0 aliphatic carbocycles. The van der Waals surface area contributed by atoms with Crippen LogP contribution in [0.15, 0.2) is 13.4 Å². The minimum atomic E-state index is -1.21. The van der Waals surface area contributed by atoms with Gasteiger partial charge in [0.05, 0.1) is 51.2 Å². The fourth-order valence-corrected chi connectivity index (χ4v) is 5.54. The first kappa shape index (κ1) is 27.9. The highest BCUT2D eigenvalue weighted by molar-refractivity contribution is 9.11. The van der Waals surface area contributed by atoms with E-state index >= 15 is 0 Å². The number of carbonyl (C=O) groups excluding carboxylic acids is 3. The average Bonchev–Trinajstić information content (AvgIpc) is 2.74. The van der Waals surface area contributed by atoms with Crippen molar-refractivity contribution in [1.82, 2.24) is 10.6 Å². The monoisotopic (exact) mass is 633 g/mol. The Morgan fingerprint density at radius 2 is 1.23 bits per heavy atom. The van der Waals surface area contributed by atoms with Crippen LogP contribution < -0.4 is 15.5 Å². The lowest BCUT2D eigenvalue weighted by atomic mass is 10.1. The van der Waals surface area contributed by atoms with Gasteiger partial charge in [-0.15, -0.1) is 0 Å². The van der Waals surface area contributed by atoms with E-state index in [1.54, 1.807) is 0 Å². The van der Waals surface area contributed by atoms with Crippen LogP contribution >= 0.6 is 47.8 Å². The summed E-state index contributed by atoms with van der Waals surface area (Å²) >= 11 is 9.71. The van der Waals surface area contributed by atoms with Crippen LogP contribution in [0.5, 0.6) is 0 Å². The second kappa shape index (κ2) is 12.8. The van der Waals surface area contributed by atoms with Crippen LogP contribution in [0.3, 0.4) is 0 Å². The van der Waals surface area contributed by atoms with Crippen LogP contribution in [-0.4, -0.2) is 95.4 Å².